The Morgan fingerprint density at radius 1 is 0.419 bits per heavy atom. The minimum absolute atomic E-state index is 0.00387. The standard InChI is InChI=1S/C16H25N5O2S.C16H23N5O.C15H23N5O2S.C13H18FN5O.C13H20N6.C10H14N6/c1-4-5-8-16(2,9-11-24(3,22)23)21-14-13-12(7-6-10-18-13)19-15(17)20-14;1-3-4-6-12(9-8-11(2)22)19-15-14-13(7-5-10-18-14)20-16(17)21-15;1-3-4-6-11(8-10-23(2,21)22)18-14-13-12(7-5-9-17-13)19-15(16)20-14;1-2-3-4-9(7-20)17-12-11-10(18-13(15)19-12)5-8(14)6-16-11;1-2-3-5-9(8-14)17-12-11-10(6-4-7-16-11)18-13(15)19-12;1-6(5-11)14-9-8-7(3-2-4-13-8)15-10(12)16-9/h6-7,10H,4-5,8-9,11H2,1-3H3,(H3,17,19,20,21);5,7,10,12H,3-4,6,8-9H2,1-2H3,(H3,17,19,20,21);5,7,9,11H,3-4,6,8,10H2,1-2H3,(H3,16,18,19,20);5-6,9,20H,2-4,7H2,1H3,(H3,15,17,18,19);4,6-7,9H,2-3,5,8,14H2,1H3,(H3,15,17,18,19);2-4,6H,5,11H2,1H3,(H3,12,14,15,16)/t16-;12-;11-;2*9-;6-/m011010/s1. The fourth-order valence-corrected chi connectivity index (χ4v) is 14.2. The molecule has 0 saturated heterocycles. The highest BCUT2D eigenvalue weighted by molar-refractivity contribution is 7.90. The van der Waals surface area contributed by atoms with E-state index >= 15 is 0 Å². The van der Waals surface area contributed by atoms with E-state index in [2.05, 4.69) is 156 Å². The zero-order valence-corrected chi connectivity index (χ0v) is 74.2. The molecule has 0 aliphatic rings. The number of nitrogen functional groups attached to an aromatic ring is 6. The Hall–Kier alpha value is -12.1. The number of Topliss-reactive ketones (excluding diaryl/α,β-unsaturated/α-hetero) is 1. The Morgan fingerprint density at radius 2 is 0.742 bits per heavy atom. The fourth-order valence-electron chi connectivity index (χ4n) is 12.7. The maximum Gasteiger partial charge on any atom is 0.222 e. The topological polar surface area (TPSA) is 618 Å². The average Bonchev–Trinajstić information content (AvgIpc) is 0.902. The van der Waals surface area contributed by atoms with Crippen molar-refractivity contribution < 1.29 is 31.1 Å². The van der Waals surface area contributed by atoms with E-state index in [0.717, 1.165) is 131 Å². The third kappa shape index (κ3) is 33.3. The number of nitrogens with one attached hydrogen (secondary N) is 6. The molecule has 0 spiro atoms. The molecule has 12 aromatic heterocycles. The zero-order valence-electron chi connectivity index (χ0n) is 72.5. The number of ketones is 1. The number of nitrogens with two attached hydrogens (primary N) is 8. The van der Waals surface area contributed by atoms with Crippen LogP contribution in [0.3, 0.4) is 0 Å². The summed E-state index contributed by atoms with van der Waals surface area (Å²) in [6.07, 6.45) is 29.5. The summed E-state index contributed by atoms with van der Waals surface area (Å²) in [5.74, 6) is 4.51. The van der Waals surface area contributed by atoms with Crippen molar-refractivity contribution in [2.75, 3.05) is 110 Å². The highest BCUT2D eigenvalue weighted by Crippen LogP contribution is 2.31. The van der Waals surface area contributed by atoms with Crippen molar-refractivity contribution in [2.24, 2.45) is 11.5 Å². The largest absolute Gasteiger partial charge is 0.394 e. The van der Waals surface area contributed by atoms with Gasteiger partial charge >= 0.3 is 0 Å². The van der Waals surface area contributed by atoms with E-state index in [1.807, 2.05) is 62.4 Å². The van der Waals surface area contributed by atoms with Crippen molar-refractivity contribution in [1.29, 1.82) is 0 Å². The van der Waals surface area contributed by atoms with Gasteiger partial charge in [-0.3, -0.25) is 24.9 Å². The Balaban J connectivity index is 0.000000205. The number of aromatic nitrogens is 18. The molecule has 12 heterocycles. The molecule has 41 heteroatoms. The van der Waals surface area contributed by atoms with Crippen molar-refractivity contribution in [3.8, 4) is 0 Å². The van der Waals surface area contributed by atoms with Crippen LogP contribution in [0.25, 0.3) is 66.2 Å². The summed E-state index contributed by atoms with van der Waals surface area (Å²) in [4.78, 5) is 86.8. The van der Waals surface area contributed by atoms with Crippen molar-refractivity contribution >= 4 is 162 Å². The second kappa shape index (κ2) is 49.9. The first-order chi connectivity index (χ1) is 59.3. The molecule has 23 N–H and O–H groups in total. The van der Waals surface area contributed by atoms with Crippen LogP contribution in [0.1, 0.15) is 177 Å². The monoisotopic (exact) mass is 1750 g/mol. The molecule has 0 amide bonds. The summed E-state index contributed by atoms with van der Waals surface area (Å²) >= 11 is 0. The van der Waals surface area contributed by atoms with Crippen LogP contribution < -0.4 is 77.8 Å². The van der Waals surface area contributed by atoms with Gasteiger partial charge in [0.1, 0.15) is 64.4 Å². The molecule has 0 fully saturated rings. The second-order valence-electron chi connectivity index (χ2n) is 30.4. The van der Waals surface area contributed by atoms with Crippen molar-refractivity contribution in [2.45, 2.75) is 213 Å². The number of sulfone groups is 2. The average molecular weight is 1750 g/mol. The lowest BCUT2D eigenvalue weighted by Crippen LogP contribution is -2.37. The number of carbonyl (C=O) groups excluding carboxylic acids is 1. The summed E-state index contributed by atoms with van der Waals surface area (Å²) in [6.45, 7) is 17.3. The molecule has 0 bridgehead atoms. The summed E-state index contributed by atoms with van der Waals surface area (Å²) in [6, 6.07) is 19.9. The number of rotatable bonds is 39. The first-order valence-electron chi connectivity index (χ1n) is 41.8. The number of aliphatic hydroxyl groups is 1. The number of carbonyl (C=O) groups is 1. The Bertz CT molecular complexity index is 5600. The first kappa shape index (κ1) is 99.0. The smallest absolute Gasteiger partial charge is 0.222 e. The minimum Gasteiger partial charge on any atom is -0.394 e. The van der Waals surface area contributed by atoms with E-state index in [1.54, 1.807) is 50.0 Å². The molecule has 0 unspecified atom stereocenters. The highest BCUT2D eigenvalue weighted by Gasteiger charge is 2.28. The van der Waals surface area contributed by atoms with Crippen LogP contribution in [-0.2, 0) is 24.5 Å². The van der Waals surface area contributed by atoms with Crippen molar-refractivity contribution in [3.05, 3.63) is 110 Å². The van der Waals surface area contributed by atoms with Gasteiger partial charge < -0.3 is 87.7 Å². The highest BCUT2D eigenvalue weighted by atomic mass is 32.2. The molecule has 0 aliphatic carbocycles. The molecule has 12 aromatic rings. The Labute approximate surface area is 723 Å². The van der Waals surface area contributed by atoms with Gasteiger partial charge in [-0.15, -0.1) is 0 Å². The second-order valence-corrected chi connectivity index (χ2v) is 34.9. The van der Waals surface area contributed by atoms with E-state index in [4.69, 9.17) is 45.9 Å². The molecule has 12 rings (SSSR count). The molecular weight excluding hydrogens is 1620 g/mol. The summed E-state index contributed by atoms with van der Waals surface area (Å²) in [5, 5.41) is 29.1. The number of aliphatic hydroxyl groups excluding tert-OH is 1. The number of pyridine rings is 6. The zero-order chi connectivity index (χ0) is 90.4. The molecule has 0 radical (unpaired) electrons. The van der Waals surface area contributed by atoms with Crippen LogP contribution in [0.2, 0.25) is 0 Å². The molecule has 6 atom stereocenters. The first-order valence-corrected chi connectivity index (χ1v) is 45.9. The van der Waals surface area contributed by atoms with Gasteiger partial charge in [0, 0.05) is 98.8 Å². The third-order valence-corrected chi connectivity index (χ3v) is 21.2. The summed E-state index contributed by atoms with van der Waals surface area (Å²) in [7, 11) is -6.04. The summed E-state index contributed by atoms with van der Waals surface area (Å²) < 4.78 is 59.2. The van der Waals surface area contributed by atoms with Gasteiger partial charge in [-0.05, 0) is 133 Å². The van der Waals surface area contributed by atoms with E-state index in [9.17, 15) is 31.1 Å². The maximum atomic E-state index is 13.2. The molecule has 124 heavy (non-hydrogen) atoms. The van der Waals surface area contributed by atoms with Crippen LogP contribution in [-0.4, -0.2) is 197 Å². The lowest BCUT2D eigenvalue weighted by Gasteiger charge is -2.31. The minimum atomic E-state index is -3.04. The SMILES string of the molecule is CCCC[C@@H](CO)Nc1nc(N)nc2cc(F)cnc12.CCCC[C@@](C)(CCS(C)(=O)=O)Nc1nc(N)nc2cccnc12.CCCC[C@H](CCC(C)=O)Nc1nc(N)nc2cccnc12.CCCC[C@H](CCS(C)(=O)=O)Nc1nc(N)nc2cccnc12.CCCC[C@H](CN)Nc1nc(N)nc2cccnc12.C[C@@H](CN)Nc1nc(N)nc2cccnc12. The number of unbranched alkanes of at least 4 members (excludes halogenated alkanes) is 5. The van der Waals surface area contributed by atoms with Gasteiger partial charge in [0.2, 0.25) is 35.7 Å². The molecule has 0 aliphatic heterocycles. The van der Waals surface area contributed by atoms with Crippen molar-refractivity contribution in [3.63, 3.8) is 0 Å². The van der Waals surface area contributed by atoms with E-state index in [1.165, 1.54) is 18.6 Å². The van der Waals surface area contributed by atoms with Gasteiger partial charge in [0.05, 0.1) is 63.5 Å². The van der Waals surface area contributed by atoms with Crippen LogP contribution in [0, 0.1) is 5.82 Å². The van der Waals surface area contributed by atoms with Crippen molar-refractivity contribution in [1.82, 2.24) is 89.7 Å². The number of fused-ring (bicyclic) bond motifs is 6. The van der Waals surface area contributed by atoms with Crippen LogP contribution in [0.5, 0.6) is 0 Å². The Morgan fingerprint density at radius 3 is 1.10 bits per heavy atom. The molecule has 0 aromatic carbocycles. The number of anilines is 12. The molecule has 670 valence electrons. The number of halogens is 1. The van der Waals surface area contributed by atoms with Gasteiger partial charge in [-0.2, -0.15) is 29.9 Å². The molecule has 38 nitrogen and oxygen atoms in total. The lowest BCUT2D eigenvalue weighted by molar-refractivity contribution is -0.117. The maximum absolute atomic E-state index is 13.2. The van der Waals surface area contributed by atoms with Crippen LogP contribution >= 0.6 is 0 Å². The quantitative estimate of drug-likeness (QED) is 0.0170. The molecule has 0 saturated carbocycles. The molecular formula is C83H123FN32O6S2. The lowest BCUT2D eigenvalue weighted by atomic mass is 9.92. The number of nitrogens with zero attached hydrogens (tertiary/aromatic N) is 18. The van der Waals surface area contributed by atoms with E-state index in [0.29, 0.717) is 111 Å². The third-order valence-electron chi connectivity index (χ3n) is 19.3. The Kier molecular flexibility index (Phi) is 39.8. The van der Waals surface area contributed by atoms with Gasteiger partial charge in [-0.1, -0.05) is 98.8 Å². The number of hydrogen-bond acceptors (Lipinski definition) is 38. The fraction of sp³-hybridized carbons (Fsp3) is 0.482. The van der Waals surface area contributed by atoms with E-state index in [-0.39, 0.29) is 89.8 Å². The summed E-state index contributed by atoms with van der Waals surface area (Å²) in [5.41, 5.74) is 52.9. The van der Waals surface area contributed by atoms with Crippen LogP contribution in [0.4, 0.5) is 75.0 Å². The predicted octanol–water partition coefficient (Wildman–Crippen LogP) is 11.0. The van der Waals surface area contributed by atoms with Gasteiger partial charge in [0.15, 0.2) is 34.9 Å². The predicted molar refractivity (Wildman–Crippen MR) is 497 cm³/mol. The van der Waals surface area contributed by atoms with Gasteiger partial charge in [-0.25, -0.2) is 56.1 Å². The van der Waals surface area contributed by atoms with Gasteiger partial charge in [0.25, 0.3) is 0 Å². The normalized spacial score (nSPS) is 13.0. The number of hydrogen-bond donors (Lipinski definition) is 15. The van der Waals surface area contributed by atoms with E-state index < -0.39 is 31.0 Å². The van der Waals surface area contributed by atoms with Crippen LogP contribution in [0.15, 0.2) is 104 Å².